The van der Waals surface area contributed by atoms with Crippen molar-refractivity contribution in [2.45, 2.75) is 57.9 Å². The molecule has 2 aliphatic heterocycles. The van der Waals surface area contributed by atoms with Gasteiger partial charge in [0.15, 0.2) is 0 Å². The number of hydrogen-bond acceptors (Lipinski definition) is 3. The Morgan fingerprint density at radius 3 is 2.29 bits per heavy atom. The lowest BCUT2D eigenvalue weighted by atomic mass is 9.97. The minimum atomic E-state index is -0.0543. The van der Waals surface area contributed by atoms with Crippen LogP contribution >= 0.6 is 0 Å². The molecule has 2 amide bonds. The molecule has 0 radical (unpaired) electrons. The second kappa shape index (κ2) is 8.15. The van der Waals surface area contributed by atoms with Crippen molar-refractivity contribution in [1.29, 1.82) is 0 Å². The van der Waals surface area contributed by atoms with Crippen LogP contribution in [0.5, 0.6) is 0 Å². The van der Waals surface area contributed by atoms with Crippen molar-refractivity contribution >= 4 is 11.8 Å². The molecule has 2 fully saturated rings. The smallest absolute Gasteiger partial charge is 0.239 e. The third kappa shape index (κ3) is 4.18. The molecule has 1 unspecified atom stereocenters. The van der Waals surface area contributed by atoms with Crippen molar-refractivity contribution in [2.24, 2.45) is 0 Å². The number of allylic oxidation sites excluding steroid dienone is 1. The van der Waals surface area contributed by atoms with Crippen LogP contribution in [-0.4, -0.2) is 71.8 Å². The van der Waals surface area contributed by atoms with E-state index in [1.54, 1.807) is 0 Å². The van der Waals surface area contributed by atoms with Crippen LogP contribution in [-0.2, 0) is 9.59 Å². The Morgan fingerprint density at radius 1 is 0.958 bits per heavy atom. The molecule has 0 spiro atoms. The van der Waals surface area contributed by atoms with E-state index < -0.39 is 0 Å². The summed E-state index contributed by atoms with van der Waals surface area (Å²) < 4.78 is 0. The number of hydrogen-bond donors (Lipinski definition) is 0. The minimum Gasteiger partial charge on any atom is -0.341 e. The number of nitrogens with zero attached hydrogens (tertiary/aromatic N) is 3. The third-order valence-electron chi connectivity index (χ3n) is 5.75. The molecule has 0 N–H and O–H groups in total. The maximum Gasteiger partial charge on any atom is 0.239 e. The van der Waals surface area contributed by atoms with Crippen LogP contribution in [0.4, 0.5) is 0 Å². The molecule has 1 aliphatic carbocycles. The molecule has 3 rings (SSSR count). The van der Waals surface area contributed by atoms with Gasteiger partial charge in [-0.2, -0.15) is 0 Å². The zero-order valence-corrected chi connectivity index (χ0v) is 15.0. The Bertz CT molecular complexity index is 489. The highest BCUT2D eigenvalue weighted by atomic mass is 16.2. The van der Waals surface area contributed by atoms with Gasteiger partial charge in [-0.05, 0) is 45.4 Å². The van der Waals surface area contributed by atoms with E-state index in [1.807, 2.05) is 16.7 Å². The van der Waals surface area contributed by atoms with E-state index in [-0.39, 0.29) is 17.9 Å². The first-order valence-corrected chi connectivity index (χ1v) is 9.63. The van der Waals surface area contributed by atoms with Crippen LogP contribution in [0.3, 0.4) is 0 Å². The Labute approximate surface area is 145 Å². The first kappa shape index (κ1) is 17.5. The molecule has 5 heteroatoms. The zero-order chi connectivity index (χ0) is 16.9. The van der Waals surface area contributed by atoms with E-state index in [0.717, 1.165) is 65.0 Å². The predicted octanol–water partition coefficient (Wildman–Crippen LogP) is 2.03. The van der Waals surface area contributed by atoms with E-state index >= 15 is 0 Å². The van der Waals surface area contributed by atoms with Crippen molar-refractivity contribution < 1.29 is 9.59 Å². The minimum absolute atomic E-state index is 0.0543. The molecule has 24 heavy (non-hydrogen) atoms. The summed E-state index contributed by atoms with van der Waals surface area (Å²) in [7, 11) is 0. The number of amides is 2. The van der Waals surface area contributed by atoms with Crippen LogP contribution in [0.15, 0.2) is 11.6 Å². The molecule has 134 valence electrons. The Kier molecular flexibility index (Phi) is 5.93. The van der Waals surface area contributed by atoms with E-state index in [0.29, 0.717) is 6.42 Å². The second-order valence-corrected chi connectivity index (χ2v) is 7.41. The van der Waals surface area contributed by atoms with Gasteiger partial charge in [0.05, 0.1) is 6.04 Å². The molecular weight excluding hydrogens is 302 g/mol. The average molecular weight is 333 g/mol. The first-order valence-electron chi connectivity index (χ1n) is 9.63. The van der Waals surface area contributed by atoms with Gasteiger partial charge in [-0.1, -0.05) is 11.6 Å². The van der Waals surface area contributed by atoms with Crippen molar-refractivity contribution in [1.82, 2.24) is 14.7 Å². The molecule has 0 aromatic heterocycles. The third-order valence-corrected chi connectivity index (χ3v) is 5.75. The fraction of sp³-hybridized carbons (Fsp3) is 0.789. The summed E-state index contributed by atoms with van der Waals surface area (Å²) in [6, 6.07) is -0.0543. The van der Waals surface area contributed by atoms with E-state index in [4.69, 9.17) is 0 Å². The standard InChI is InChI=1S/C19H31N3O2/c1-16(19(24)22-9-5-6-10-22)20-11-13-21(14-12-20)18(23)15-17-7-3-2-4-8-17/h7,16H,2-6,8-15H2,1H3. The van der Waals surface area contributed by atoms with Crippen LogP contribution in [0.2, 0.25) is 0 Å². The summed E-state index contributed by atoms with van der Waals surface area (Å²) in [5.74, 6) is 0.529. The fourth-order valence-corrected chi connectivity index (χ4v) is 4.09. The largest absolute Gasteiger partial charge is 0.341 e. The first-order chi connectivity index (χ1) is 11.6. The lowest BCUT2D eigenvalue weighted by molar-refractivity contribution is -0.137. The number of rotatable bonds is 4. The Balaban J connectivity index is 1.45. The van der Waals surface area contributed by atoms with E-state index in [9.17, 15) is 9.59 Å². The highest BCUT2D eigenvalue weighted by molar-refractivity contribution is 5.82. The summed E-state index contributed by atoms with van der Waals surface area (Å²) in [6.45, 7) is 6.98. The van der Waals surface area contributed by atoms with Gasteiger partial charge in [-0.15, -0.1) is 0 Å². The Hall–Kier alpha value is -1.36. The molecule has 0 saturated carbocycles. The number of likely N-dealkylation sites (tertiary alicyclic amines) is 1. The number of carbonyl (C=O) groups excluding carboxylic acids is 2. The van der Waals surface area contributed by atoms with Crippen molar-refractivity contribution in [3.05, 3.63) is 11.6 Å². The van der Waals surface area contributed by atoms with Gasteiger partial charge >= 0.3 is 0 Å². The SMILES string of the molecule is CC(C(=O)N1CCCC1)N1CCN(C(=O)CC2=CCCCC2)CC1. The highest BCUT2D eigenvalue weighted by Crippen LogP contribution is 2.21. The van der Waals surface area contributed by atoms with Gasteiger partial charge in [0.2, 0.25) is 11.8 Å². The van der Waals surface area contributed by atoms with Gasteiger partial charge in [-0.25, -0.2) is 0 Å². The Morgan fingerprint density at radius 2 is 1.67 bits per heavy atom. The number of piperazine rings is 1. The van der Waals surface area contributed by atoms with Crippen molar-refractivity contribution in [3.8, 4) is 0 Å². The zero-order valence-electron chi connectivity index (χ0n) is 15.0. The maximum absolute atomic E-state index is 12.5. The van der Waals surface area contributed by atoms with Crippen molar-refractivity contribution in [2.75, 3.05) is 39.3 Å². The summed E-state index contributed by atoms with van der Waals surface area (Å²) in [6.07, 6.45) is 9.84. The maximum atomic E-state index is 12.5. The van der Waals surface area contributed by atoms with E-state index in [2.05, 4.69) is 11.0 Å². The molecule has 0 bridgehead atoms. The molecule has 0 aromatic carbocycles. The lowest BCUT2D eigenvalue weighted by Gasteiger charge is -2.38. The van der Waals surface area contributed by atoms with Crippen LogP contribution in [0.1, 0.15) is 51.9 Å². The number of carbonyl (C=O) groups is 2. The van der Waals surface area contributed by atoms with Gasteiger partial charge in [0.1, 0.15) is 0 Å². The second-order valence-electron chi connectivity index (χ2n) is 7.41. The molecule has 2 saturated heterocycles. The quantitative estimate of drug-likeness (QED) is 0.740. The molecule has 5 nitrogen and oxygen atoms in total. The van der Waals surface area contributed by atoms with Gasteiger partial charge in [0, 0.05) is 45.7 Å². The van der Waals surface area contributed by atoms with Crippen LogP contribution < -0.4 is 0 Å². The lowest BCUT2D eigenvalue weighted by Crippen LogP contribution is -2.55. The molecule has 1 atom stereocenters. The van der Waals surface area contributed by atoms with Gasteiger partial charge in [-0.3, -0.25) is 14.5 Å². The van der Waals surface area contributed by atoms with Gasteiger partial charge < -0.3 is 9.80 Å². The highest BCUT2D eigenvalue weighted by Gasteiger charge is 2.30. The summed E-state index contributed by atoms with van der Waals surface area (Å²) in [5.41, 5.74) is 1.33. The van der Waals surface area contributed by atoms with Crippen LogP contribution in [0.25, 0.3) is 0 Å². The van der Waals surface area contributed by atoms with Crippen LogP contribution in [0, 0.1) is 0 Å². The summed E-state index contributed by atoms with van der Waals surface area (Å²) in [5, 5.41) is 0. The monoisotopic (exact) mass is 333 g/mol. The molecule has 2 heterocycles. The average Bonchev–Trinajstić information content (AvgIpc) is 3.16. The van der Waals surface area contributed by atoms with Gasteiger partial charge in [0.25, 0.3) is 0 Å². The predicted molar refractivity (Wildman–Crippen MR) is 94.6 cm³/mol. The van der Waals surface area contributed by atoms with Crippen molar-refractivity contribution in [3.63, 3.8) is 0 Å². The fourth-order valence-electron chi connectivity index (χ4n) is 4.09. The summed E-state index contributed by atoms with van der Waals surface area (Å²) in [4.78, 5) is 31.2. The molecular formula is C19H31N3O2. The molecule has 0 aromatic rings. The topological polar surface area (TPSA) is 43.9 Å². The normalized spacial score (nSPS) is 24.0. The summed E-state index contributed by atoms with van der Waals surface area (Å²) >= 11 is 0. The molecule has 3 aliphatic rings. The van der Waals surface area contributed by atoms with E-state index in [1.165, 1.54) is 18.4 Å².